The predicted molar refractivity (Wildman–Crippen MR) is 94.1 cm³/mol. The maximum Gasteiger partial charge on any atom is 0.339 e. The second-order valence-electron chi connectivity index (χ2n) is 4.89. The summed E-state index contributed by atoms with van der Waals surface area (Å²) in [5.74, 6) is 0.911. The zero-order valence-corrected chi connectivity index (χ0v) is 14.7. The van der Waals surface area contributed by atoms with Gasteiger partial charge in [-0.25, -0.2) is 4.79 Å². The number of rotatable bonds is 11. The lowest BCUT2D eigenvalue weighted by atomic mass is 10.1. The summed E-state index contributed by atoms with van der Waals surface area (Å²) in [6, 6.07) is 7.68. The van der Waals surface area contributed by atoms with Crippen molar-refractivity contribution in [3.8, 4) is 0 Å². The molecule has 0 aliphatic rings. The number of unbranched alkanes of at least 4 members (excludes halogenated alkanes) is 5. The highest BCUT2D eigenvalue weighted by molar-refractivity contribution is 8.76. The smallest absolute Gasteiger partial charge is 0.339 e. The molecule has 1 aromatic carbocycles. The van der Waals surface area contributed by atoms with E-state index in [1.165, 1.54) is 38.5 Å². The van der Waals surface area contributed by atoms with Crippen molar-refractivity contribution in [2.24, 2.45) is 0 Å². The second kappa shape index (κ2) is 12.0. The number of ether oxygens (including phenoxy) is 1. The van der Waals surface area contributed by atoms with E-state index in [1.807, 2.05) is 42.0 Å². The zero-order chi connectivity index (χ0) is 15.3. The van der Waals surface area contributed by atoms with Crippen LogP contribution < -0.4 is 0 Å². The molecule has 118 valence electrons. The van der Waals surface area contributed by atoms with E-state index in [9.17, 15) is 4.79 Å². The van der Waals surface area contributed by atoms with Gasteiger partial charge in [0.2, 0.25) is 0 Å². The molecule has 4 heteroatoms. The van der Waals surface area contributed by atoms with E-state index in [1.54, 1.807) is 10.8 Å². The number of hydrogen-bond donors (Lipinski definition) is 0. The molecule has 0 radical (unpaired) electrons. The van der Waals surface area contributed by atoms with E-state index in [2.05, 4.69) is 6.92 Å². The fourth-order valence-corrected chi connectivity index (χ4v) is 4.29. The van der Waals surface area contributed by atoms with Gasteiger partial charge in [0.1, 0.15) is 0 Å². The van der Waals surface area contributed by atoms with Gasteiger partial charge in [-0.1, -0.05) is 72.7 Å². The van der Waals surface area contributed by atoms with Crippen LogP contribution in [0.3, 0.4) is 0 Å². The van der Waals surface area contributed by atoms with E-state index >= 15 is 0 Å². The molecule has 1 rings (SSSR count). The molecule has 0 aliphatic heterocycles. The molecule has 21 heavy (non-hydrogen) atoms. The topological polar surface area (TPSA) is 26.3 Å². The molecule has 0 bridgehead atoms. The molecule has 0 fully saturated rings. The van der Waals surface area contributed by atoms with Gasteiger partial charge in [-0.15, -0.1) is 0 Å². The van der Waals surface area contributed by atoms with E-state index in [0.717, 1.165) is 10.6 Å². The third-order valence-corrected chi connectivity index (χ3v) is 5.61. The Kier molecular flexibility index (Phi) is 10.5. The largest absolute Gasteiger partial charge is 0.462 e. The Morgan fingerprint density at radius 2 is 1.76 bits per heavy atom. The normalized spacial score (nSPS) is 10.6. The summed E-state index contributed by atoms with van der Waals surface area (Å²) in [4.78, 5) is 12.9. The molecular weight excluding hydrogens is 300 g/mol. The number of carbonyl (C=O) groups excluding carboxylic acids is 1. The Morgan fingerprint density at radius 3 is 2.52 bits per heavy atom. The highest BCUT2D eigenvalue weighted by Gasteiger charge is 2.12. The minimum atomic E-state index is -0.222. The molecule has 0 atom stereocenters. The molecule has 0 aromatic heterocycles. The highest BCUT2D eigenvalue weighted by Crippen LogP contribution is 2.34. The second-order valence-corrected chi connectivity index (χ2v) is 7.35. The fourth-order valence-electron chi connectivity index (χ4n) is 1.96. The molecule has 2 nitrogen and oxygen atoms in total. The van der Waals surface area contributed by atoms with Crippen molar-refractivity contribution in [2.75, 3.05) is 12.4 Å². The quantitative estimate of drug-likeness (QED) is 0.284. The van der Waals surface area contributed by atoms with Crippen LogP contribution in [0, 0.1) is 0 Å². The first-order valence-corrected chi connectivity index (χ1v) is 10.2. The summed E-state index contributed by atoms with van der Waals surface area (Å²) in [6.45, 7) is 4.50. The number of hydrogen-bond acceptors (Lipinski definition) is 4. The first-order chi connectivity index (χ1) is 10.3. The van der Waals surface area contributed by atoms with Gasteiger partial charge in [0, 0.05) is 10.6 Å². The van der Waals surface area contributed by atoms with Crippen molar-refractivity contribution in [1.29, 1.82) is 0 Å². The summed E-state index contributed by atoms with van der Waals surface area (Å²) in [5, 5.41) is 0. The minimum absolute atomic E-state index is 0.222. The predicted octanol–water partition coefficient (Wildman–Crippen LogP) is 5.96. The Morgan fingerprint density at radius 1 is 1.05 bits per heavy atom. The van der Waals surface area contributed by atoms with Crippen molar-refractivity contribution in [3.63, 3.8) is 0 Å². The average Bonchev–Trinajstić information content (AvgIpc) is 2.50. The van der Waals surface area contributed by atoms with Gasteiger partial charge in [0.05, 0.1) is 12.2 Å². The van der Waals surface area contributed by atoms with Gasteiger partial charge >= 0.3 is 5.97 Å². The van der Waals surface area contributed by atoms with Crippen LogP contribution in [-0.2, 0) is 4.74 Å². The molecule has 0 aliphatic carbocycles. The third kappa shape index (κ3) is 7.82. The zero-order valence-electron chi connectivity index (χ0n) is 13.1. The van der Waals surface area contributed by atoms with Crippen LogP contribution in [0.4, 0.5) is 0 Å². The molecule has 0 unspecified atom stereocenters. The van der Waals surface area contributed by atoms with Gasteiger partial charge < -0.3 is 4.74 Å². The van der Waals surface area contributed by atoms with E-state index in [4.69, 9.17) is 4.74 Å². The Hall–Kier alpha value is -0.610. The molecule has 0 saturated carbocycles. The van der Waals surface area contributed by atoms with Crippen LogP contribution in [0.15, 0.2) is 29.2 Å². The number of carbonyl (C=O) groups is 1. The first-order valence-electron chi connectivity index (χ1n) is 7.85. The monoisotopic (exact) mass is 326 g/mol. The van der Waals surface area contributed by atoms with E-state index in [0.29, 0.717) is 12.2 Å². The van der Waals surface area contributed by atoms with Crippen molar-refractivity contribution >= 4 is 27.6 Å². The van der Waals surface area contributed by atoms with Gasteiger partial charge in [0.15, 0.2) is 0 Å². The first kappa shape index (κ1) is 18.4. The maximum atomic E-state index is 11.9. The van der Waals surface area contributed by atoms with Crippen molar-refractivity contribution < 1.29 is 9.53 Å². The molecule has 1 aromatic rings. The molecule has 0 N–H and O–H groups in total. The van der Waals surface area contributed by atoms with Crippen LogP contribution in [-0.4, -0.2) is 18.3 Å². The fraction of sp³-hybridized carbons (Fsp3) is 0.588. The van der Waals surface area contributed by atoms with Gasteiger partial charge in [0.25, 0.3) is 0 Å². The summed E-state index contributed by atoms with van der Waals surface area (Å²) >= 11 is 0. The number of esters is 1. The molecule has 0 spiro atoms. The Bertz CT molecular complexity index is 408. The van der Waals surface area contributed by atoms with Crippen LogP contribution in [0.5, 0.6) is 0 Å². The van der Waals surface area contributed by atoms with Crippen LogP contribution in [0.2, 0.25) is 0 Å². The third-order valence-electron chi connectivity index (χ3n) is 3.11. The SMILES string of the molecule is CCCCCCCCSSc1ccccc1C(=O)OCC. The maximum absolute atomic E-state index is 11.9. The summed E-state index contributed by atoms with van der Waals surface area (Å²) < 4.78 is 5.09. The lowest BCUT2D eigenvalue weighted by Gasteiger charge is -2.07. The van der Waals surface area contributed by atoms with Gasteiger partial charge in [-0.2, -0.15) is 0 Å². The Labute approximate surface area is 136 Å². The minimum Gasteiger partial charge on any atom is -0.462 e. The molecule has 0 heterocycles. The van der Waals surface area contributed by atoms with Crippen LogP contribution in [0.1, 0.15) is 62.7 Å². The molecular formula is C17H26O2S2. The summed E-state index contributed by atoms with van der Waals surface area (Å²) in [6.07, 6.45) is 7.93. The van der Waals surface area contributed by atoms with Crippen molar-refractivity contribution in [2.45, 2.75) is 57.3 Å². The van der Waals surface area contributed by atoms with Crippen molar-refractivity contribution in [1.82, 2.24) is 0 Å². The molecule has 0 saturated heterocycles. The highest BCUT2D eigenvalue weighted by atomic mass is 33.1. The average molecular weight is 327 g/mol. The van der Waals surface area contributed by atoms with Crippen LogP contribution >= 0.6 is 21.6 Å². The summed E-state index contributed by atoms with van der Waals surface area (Å²) in [5.41, 5.74) is 0.680. The van der Waals surface area contributed by atoms with E-state index < -0.39 is 0 Å². The lowest BCUT2D eigenvalue weighted by molar-refractivity contribution is 0.0522. The van der Waals surface area contributed by atoms with E-state index in [-0.39, 0.29) is 5.97 Å². The summed E-state index contributed by atoms with van der Waals surface area (Å²) in [7, 11) is 3.51. The van der Waals surface area contributed by atoms with Gasteiger partial charge in [-0.05, 0) is 25.5 Å². The molecule has 0 amide bonds. The standard InChI is InChI=1S/C17H26O2S2/c1-3-5-6-7-8-11-14-20-21-16-13-10-9-12-15(16)17(18)19-4-2/h9-10,12-13H,3-8,11,14H2,1-2H3. The Balaban J connectivity index is 2.27. The number of benzene rings is 1. The van der Waals surface area contributed by atoms with Gasteiger partial charge in [-0.3, -0.25) is 0 Å². The lowest BCUT2D eigenvalue weighted by Crippen LogP contribution is -2.05. The van der Waals surface area contributed by atoms with Crippen LogP contribution in [0.25, 0.3) is 0 Å². The van der Waals surface area contributed by atoms with Crippen molar-refractivity contribution in [3.05, 3.63) is 29.8 Å².